The highest BCUT2D eigenvalue weighted by atomic mass is 79.9. The maximum Gasteiger partial charge on any atom is 0.282 e. The van der Waals surface area contributed by atoms with Gasteiger partial charge in [-0.15, -0.1) is 0 Å². The van der Waals surface area contributed by atoms with E-state index in [-0.39, 0.29) is 5.56 Å². The topological polar surface area (TPSA) is 38.1 Å². The van der Waals surface area contributed by atoms with Crippen molar-refractivity contribution in [2.24, 2.45) is 13.0 Å². The van der Waals surface area contributed by atoms with Gasteiger partial charge in [0.2, 0.25) is 0 Å². The molecule has 1 aromatic heterocycles. The SMILES string of the molecule is Cn1ncc(N2CC[C@@H](Cc3ccccc3)C2)c(Br)c1=O. The molecule has 3 rings (SSSR count). The Morgan fingerprint density at radius 1 is 1.33 bits per heavy atom. The maximum absolute atomic E-state index is 11.9. The van der Waals surface area contributed by atoms with Gasteiger partial charge in [-0.05, 0) is 40.3 Å². The van der Waals surface area contributed by atoms with E-state index in [1.54, 1.807) is 13.2 Å². The van der Waals surface area contributed by atoms with Gasteiger partial charge in [0.15, 0.2) is 0 Å². The van der Waals surface area contributed by atoms with E-state index in [0.29, 0.717) is 10.4 Å². The van der Waals surface area contributed by atoms with Crippen molar-refractivity contribution in [2.75, 3.05) is 18.0 Å². The lowest BCUT2D eigenvalue weighted by Gasteiger charge is -2.19. The zero-order valence-corrected chi connectivity index (χ0v) is 13.6. The van der Waals surface area contributed by atoms with Crippen molar-refractivity contribution in [2.45, 2.75) is 12.8 Å². The van der Waals surface area contributed by atoms with Crippen molar-refractivity contribution in [3.8, 4) is 0 Å². The molecule has 1 aromatic carbocycles. The van der Waals surface area contributed by atoms with Crippen molar-refractivity contribution in [1.29, 1.82) is 0 Å². The Hall–Kier alpha value is -1.62. The van der Waals surface area contributed by atoms with Gasteiger partial charge in [0.05, 0.1) is 11.9 Å². The van der Waals surface area contributed by atoms with Gasteiger partial charge in [-0.2, -0.15) is 5.10 Å². The summed E-state index contributed by atoms with van der Waals surface area (Å²) in [5.74, 6) is 0.628. The quantitative estimate of drug-likeness (QED) is 0.856. The zero-order valence-electron chi connectivity index (χ0n) is 12.0. The largest absolute Gasteiger partial charge is 0.369 e. The van der Waals surface area contributed by atoms with Crippen molar-refractivity contribution >= 4 is 21.6 Å². The number of nitrogens with zero attached hydrogens (tertiary/aromatic N) is 3. The molecule has 21 heavy (non-hydrogen) atoms. The number of rotatable bonds is 3. The number of aromatic nitrogens is 2. The summed E-state index contributed by atoms with van der Waals surface area (Å²) in [5, 5.41) is 4.13. The molecule has 1 fully saturated rings. The summed E-state index contributed by atoms with van der Waals surface area (Å²) in [6.07, 6.45) is 4.01. The molecule has 0 radical (unpaired) electrons. The molecule has 4 nitrogen and oxygen atoms in total. The monoisotopic (exact) mass is 347 g/mol. The van der Waals surface area contributed by atoms with E-state index in [0.717, 1.165) is 31.6 Å². The number of hydrogen-bond donors (Lipinski definition) is 0. The summed E-state index contributed by atoms with van der Waals surface area (Å²) in [7, 11) is 1.67. The predicted molar refractivity (Wildman–Crippen MR) is 87.6 cm³/mol. The minimum atomic E-state index is -0.0843. The summed E-state index contributed by atoms with van der Waals surface area (Å²) in [6.45, 7) is 1.95. The van der Waals surface area contributed by atoms with Gasteiger partial charge >= 0.3 is 0 Å². The fraction of sp³-hybridized carbons (Fsp3) is 0.375. The second-order valence-corrected chi connectivity index (χ2v) is 6.36. The average molecular weight is 348 g/mol. The van der Waals surface area contributed by atoms with E-state index < -0.39 is 0 Å². The molecule has 0 saturated carbocycles. The van der Waals surface area contributed by atoms with Crippen LogP contribution in [0.2, 0.25) is 0 Å². The van der Waals surface area contributed by atoms with Crippen LogP contribution in [0.5, 0.6) is 0 Å². The molecule has 0 N–H and O–H groups in total. The molecular weight excluding hydrogens is 330 g/mol. The smallest absolute Gasteiger partial charge is 0.282 e. The first-order valence-corrected chi connectivity index (χ1v) is 7.95. The molecule has 1 saturated heterocycles. The molecule has 2 heterocycles. The lowest BCUT2D eigenvalue weighted by molar-refractivity contribution is 0.586. The Balaban J connectivity index is 1.73. The van der Waals surface area contributed by atoms with Crippen LogP contribution in [0.15, 0.2) is 45.8 Å². The van der Waals surface area contributed by atoms with Crippen molar-refractivity contribution in [3.63, 3.8) is 0 Å². The van der Waals surface area contributed by atoms with E-state index in [1.807, 2.05) is 6.07 Å². The van der Waals surface area contributed by atoms with Crippen LogP contribution < -0.4 is 10.5 Å². The third kappa shape index (κ3) is 3.02. The molecule has 2 aromatic rings. The van der Waals surface area contributed by atoms with Crippen LogP contribution in [-0.4, -0.2) is 22.9 Å². The Labute approximate surface area is 132 Å². The highest BCUT2D eigenvalue weighted by Gasteiger charge is 2.25. The summed E-state index contributed by atoms with van der Waals surface area (Å²) >= 11 is 3.41. The molecule has 5 heteroatoms. The fourth-order valence-corrected chi connectivity index (χ4v) is 3.50. The van der Waals surface area contributed by atoms with Gasteiger partial charge in [-0.1, -0.05) is 30.3 Å². The van der Waals surface area contributed by atoms with E-state index in [1.165, 1.54) is 10.2 Å². The number of halogens is 1. The molecular formula is C16H18BrN3O. The Bertz CT molecular complexity index is 684. The first-order chi connectivity index (χ1) is 10.1. The molecule has 110 valence electrons. The number of anilines is 1. The predicted octanol–water partition coefficient (Wildman–Crippen LogP) is 2.61. The van der Waals surface area contributed by atoms with Gasteiger partial charge in [0.1, 0.15) is 4.47 Å². The first-order valence-electron chi connectivity index (χ1n) is 7.16. The van der Waals surface area contributed by atoms with Crippen LogP contribution in [0.3, 0.4) is 0 Å². The second-order valence-electron chi connectivity index (χ2n) is 5.56. The summed E-state index contributed by atoms with van der Waals surface area (Å²) in [4.78, 5) is 14.2. The Morgan fingerprint density at radius 3 is 2.86 bits per heavy atom. The molecule has 1 aliphatic heterocycles. The molecule has 1 atom stereocenters. The third-order valence-corrected chi connectivity index (χ3v) is 4.80. The van der Waals surface area contributed by atoms with E-state index in [4.69, 9.17) is 0 Å². The summed E-state index contributed by atoms with van der Waals surface area (Å²) in [5.41, 5.74) is 2.21. The third-order valence-electron chi connectivity index (χ3n) is 4.05. The molecule has 0 amide bonds. The molecule has 0 unspecified atom stereocenters. The van der Waals surface area contributed by atoms with Crippen LogP contribution in [0.25, 0.3) is 0 Å². The highest BCUT2D eigenvalue weighted by Crippen LogP contribution is 2.29. The van der Waals surface area contributed by atoms with E-state index in [2.05, 4.69) is 50.2 Å². The van der Waals surface area contributed by atoms with Gasteiger partial charge in [0, 0.05) is 20.1 Å². The van der Waals surface area contributed by atoms with Gasteiger partial charge in [0.25, 0.3) is 5.56 Å². The number of aryl methyl sites for hydroxylation is 1. The lowest BCUT2D eigenvalue weighted by atomic mass is 9.99. The van der Waals surface area contributed by atoms with Crippen molar-refractivity contribution < 1.29 is 0 Å². The minimum absolute atomic E-state index is 0.0843. The van der Waals surface area contributed by atoms with Gasteiger partial charge in [-0.3, -0.25) is 4.79 Å². The van der Waals surface area contributed by atoms with Crippen LogP contribution in [0.1, 0.15) is 12.0 Å². The molecule has 0 bridgehead atoms. The van der Waals surface area contributed by atoms with E-state index >= 15 is 0 Å². The van der Waals surface area contributed by atoms with Crippen LogP contribution in [0.4, 0.5) is 5.69 Å². The van der Waals surface area contributed by atoms with Crippen LogP contribution in [0, 0.1) is 5.92 Å². The molecule has 1 aliphatic rings. The van der Waals surface area contributed by atoms with Crippen molar-refractivity contribution in [1.82, 2.24) is 9.78 Å². The Kier molecular flexibility index (Phi) is 4.10. The van der Waals surface area contributed by atoms with Gasteiger partial charge in [-0.25, -0.2) is 4.68 Å². The Morgan fingerprint density at radius 2 is 2.10 bits per heavy atom. The normalized spacial score (nSPS) is 18.2. The molecule has 0 aliphatic carbocycles. The highest BCUT2D eigenvalue weighted by molar-refractivity contribution is 9.10. The van der Waals surface area contributed by atoms with Gasteiger partial charge < -0.3 is 4.90 Å². The van der Waals surface area contributed by atoms with Crippen molar-refractivity contribution in [3.05, 3.63) is 56.9 Å². The number of benzene rings is 1. The first kappa shape index (κ1) is 14.3. The van der Waals surface area contributed by atoms with Crippen LogP contribution in [-0.2, 0) is 13.5 Å². The maximum atomic E-state index is 11.9. The zero-order chi connectivity index (χ0) is 14.8. The number of hydrogen-bond acceptors (Lipinski definition) is 3. The molecule has 0 spiro atoms. The summed E-state index contributed by atoms with van der Waals surface area (Å²) < 4.78 is 1.96. The van der Waals surface area contributed by atoms with E-state index in [9.17, 15) is 4.79 Å². The average Bonchev–Trinajstić information content (AvgIpc) is 2.94. The fourth-order valence-electron chi connectivity index (χ4n) is 2.89. The summed E-state index contributed by atoms with van der Waals surface area (Å²) in [6, 6.07) is 10.6. The second kappa shape index (κ2) is 6.02. The standard InChI is InChI=1S/C16H18BrN3O/c1-19-16(21)15(17)14(10-18-19)20-8-7-13(11-20)9-12-5-3-2-4-6-12/h2-6,10,13H,7-9,11H2,1H3/t13-/m0/s1. The lowest BCUT2D eigenvalue weighted by Crippen LogP contribution is -2.27. The van der Waals surface area contributed by atoms with Crippen LogP contribution >= 0.6 is 15.9 Å². The minimum Gasteiger partial charge on any atom is -0.369 e.